The second-order valence-corrected chi connectivity index (χ2v) is 4.69. The minimum Gasteiger partial charge on any atom is -0.382 e. The van der Waals surface area contributed by atoms with Gasteiger partial charge in [0.2, 0.25) is 0 Å². The van der Waals surface area contributed by atoms with Crippen molar-refractivity contribution in [2.75, 3.05) is 5.32 Å². The molecule has 1 fully saturated rings. The van der Waals surface area contributed by atoms with Gasteiger partial charge in [-0.05, 0) is 25.0 Å². The lowest BCUT2D eigenvalue weighted by Gasteiger charge is -2.14. The first-order valence-electron chi connectivity index (χ1n) is 5.08. The molecule has 1 aromatic carbocycles. The summed E-state index contributed by atoms with van der Waals surface area (Å²) in [5.41, 5.74) is 0.804. The van der Waals surface area contributed by atoms with E-state index >= 15 is 0 Å². The van der Waals surface area contributed by atoms with Crippen LogP contribution in [-0.4, -0.2) is 6.04 Å². The minimum atomic E-state index is -0.546. The van der Waals surface area contributed by atoms with Crippen molar-refractivity contribution in [1.29, 1.82) is 0 Å². The van der Waals surface area contributed by atoms with Gasteiger partial charge in [-0.2, -0.15) is 0 Å². The Balaban J connectivity index is 2.14. The number of halogens is 3. The van der Waals surface area contributed by atoms with Crippen LogP contribution >= 0.6 is 23.2 Å². The largest absolute Gasteiger partial charge is 0.382 e. The van der Waals surface area contributed by atoms with Crippen LogP contribution in [0.2, 0.25) is 10.0 Å². The van der Waals surface area contributed by atoms with Crippen LogP contribution in [0.4, 0.5) is 10.1 Å². The molecule has 0 unspecified atom stereocenters. The number of rotatable bonds is 2. The van der Waals surface area contributed by atoms with Crippen molar-refractivity contribution in [2.24, 2.45) is 0 Å². The Morgan fingerprint density at radius 2 is 1.67 bits per heavy atom. The summed E-state index contributed by atoms with van der Waals surface area (Å²) in [7, 11) is 0. The van der Waals surface area contributed by atoms with Crippen LogP contribution in [-0.2, 0) is 0 Å². The van der Waals surface area contributed by atoms with Crippen LogP contribution in [0, 0.1) is 5.82 Å². The zero-order chi connectivity index (χ0) is 10.8. The molecule has 1 nitrogen and oxygen atoms in total. The molecule has 1 aliphatic carbocycles. The SMILES string of the molecule is Fc1c(Cl)cc(NC2CCCC2)cc1Cl. The van der Waals surface area contributed by atoms with Gasteiger partial charge in [0.25, 0.3) is 0 Å². The van der Waals surface area contributed by atoms with Crippen molar-refractivity contribution in [3.63, 3.8) is 0 Å². The monoisotopic (exact) mass is 247 g/mol. The summed E-state index contributed by atoms with van der Waals surface area (Å²) < 4.78 is 13.1. The van der Waals surface area contributed by atoms with Gasteiger partial charge in [0, 0.05) is 11.7 Å². The van der Waals surface area contributed by atoms with E-state index in [-0.39, 0.29) is 10.0 Å². The third-order valence-electron chi connectivity index (χ3n) is 2.71. The van der Waals surface area contributed by atoms with E-state index in [0.717, 1.165) is 18.5 Å². The first-order chi connectivity index (χ1) is 7.16. The summed E-state index contributed by atoms with van der Waals surface area (Å²) in [6.45, 7) is 0. The van der Waals surface area contributed by atoms with Gasteiger partial charge >= 0.3 is 0 Å². The summed E-state index contributed by atoms with van der Waals surface area (Å²) in [6, 6.07) is 3.64. The first kappa shape index (κ1) is 11.0. The quantitative estimate of drug-likeness (QED) is 0.760. The van der Waals surface area contributed by atoms with Gasteiger partial charge in [-0.3, -0.25) is 0 Å². The molecular weight excluding hydrogens is 236 g/mol. The molecule has 0 aromatic heterocycles. The van der Waals surface area contributed by atoms with E-state index in [9.17, 15) is 4.39 Å². The highest BCUT2D eigenvalue weighted by atomic mass is 35.5. The first-order valence-corrected chi connectivity index (χ1v) is 5.83. The normalized spacial score (nSPS) is 17.0. The maximum absolute atomic E-state index is 13.1. The lowest BCUT2D eigenvalue weighted by Crippen LogP contribution is -2.14. The Bertz CT molecular complexity index is 339. The molecule has 0 amide bonds. The Morgan fingerprint density at radius 1 is 1.13 bits per heavy atom. The van der Waals surface area contributed by atoms with Gasteiger partial charge in [0.05, 0.1) is 10.0 Å². The van der Waals surface area contributed by atoms with Crippen LogP contribution in [0.15, 0.2) is 12.1 Å². The highest BCUT2D eigenvalue weighted by Gasteiger charge is 2.15. The number of nitrogens with one attached hydrogen (secondary N) is 1. The fraction of sp³-hybridized carbons (Fsp3) is 0.455. The highest BCUT2D eigenvalue weighted by molar-refractivity contribution is 6.35. The summed E-state index contributed by atoms with van der Waals surface area (Å²) >= 11 is 11.4. The van der Waals surface area contributed by atoms with Crippen molar-refractivity contribution in [3.05, 3.63) is 28.0 Å². The molecule has 0 aliphatic heterocycles. The summed E-state index contributed by atoms with van der Waals surface area (Å²) in [6.07, 6.45) is 4.82. The maximum atomic E-state index is 13.1. The third kappa shape index (κ3) is 2.56. The number of hydrogen-bond acceptors (Lipinski definition) is 1. The molecule has 15 heavy (non-hydrogen) atoms. The van der Waals surface area contributed by atoms with Gasteiger partial charge < -0.3 is 5.32 Å². The van der Waals surface area contributed by atoms with Gasteiger partial charge in [-0.15, -0.1) is 0 Å². The smallest absolute Gasteiger partial charge is 0.160 e. The molecule has 0 saturated heterocycles. The minimum absolute atomic E-state index is 0.0722. The van der Waals surface area contributed by atoms with E-state index in [1.807, 2.05) is 0 Å². The molecule has 4 heteroatoms. The molecule has 0 radical (unpaired) electrons. The van der Waals surface area contributed by atoms with Gasteiger partial charge in [0.1, 0.15) is 0 Å². The van der Waals surface area contributed by atoms with Crippen LogP contribution in [0.5, 0.6) is 0 Å². The van der Waals surface area contributed by atoms with E-state index in [4.69, 9.17) is 23.2 Å². The van der Waals surface area contributed by atoms with E-state index in [1.165, 1.54) is 12.8 Å². The van der Waals surface area contributed by atoms with E-state index in [0.29, 0.717) is 6.04 Å². The number of anilines is 1. The van der Waals surface area contributed by atoms with Crippen molar-refractivity contribution in [1.82, 2.24) is 0 Å². The second-order valence-electron chi connectivity index (χ2n) is 3.88. The average molecular weight is 248 g/mol. The summed E-state index contributed by atoms with van der Waals surface area (Å²) in [5.74, 6) is -0.546. The molecule has 0 heterocycles. The van der Waals surface area contributed by atoms with Crippen molar-refractivity contribution in [3.8, 4) is 0 Å². The zero-order valence-corrected chi connectivity index (χ0v) is 9.71. The average Bonchev–Trinajstić information content (AvgIpc) is 2.66. The van der Waals surface area contributed by atoms with Crippen LogP contribution < -0.4 is 5.32 Å². The molecule has 1 aliphatic rings. The van der Waals surface area contributed by atoms with E-state index in [2.05, 4.69) is 5.32 Å². The standard InChI is InChI=1S/C11H12Cl2FN/c12-9-5-8(6-10(13)11(9)14)15-7-3-1-2-4-7/h5-7,15H,1-4H2. The molecule has 0 atom stereocenters. The highest BCUT2D eigenvalue weighted by Crippen LogP contribution is 2.29. The Morgan fingerprint density at radius 3 is 2.20 bits per heavy atom. The van der Waals surface area contributed by atoms with Gasteiger partial charge in [-0.1, -0.05) is 36.0 Å². The lowest BCUT2D eigenvalue weighted by molar-refractivity contribution is 0.628. The fourth-order valence-corrected chi connectivity index (χ4v) is 2.43. The lowest BCUT2D eigenvalue weighted by atomic mass is 10.2. The molecular formula is C11H12Cl2FN. The fourth-order valence-electron chi connectivity index (χ4n) is 1.94. The molecule has 2 rings (SSSR count). The van der Waals surface area contributed by atoms with Crippen molar-refractivity contribution in [2.45, 2.75) is 31.7 Å². The Kier molecular flexibility index (Phi) is 3.37. The van der Waals surface area contributed by atoms with Crippen molar-refractivity contribution < 1.29 is 4.39 Å². The molecule has 0 bridgehead atoms. The van der Waals surface area contributed by atoms with E-state index in [1.54, 1.807) is 12.1 Å². The van der Waals surface area contributed by atoms with Gasteiger partial charge in [0.15, 0.2) is 5.82 Å². The van der Waals surface area contributed by atoms with Crippen LogP contribution in [0.1, 0.15) is 25.7 Å². The van der Waals surface area contributed by atoms with Crippen LogP contribution in [0.25, 0.3) is 0 Å². The summed E-state index contributed by atoms with van der Waals surface area (Å²) in [4.78, 5) is 0. The number of benzene rings is 1. The van der Waals surface area contributed by atoms with Gasteiger partial charge in [-0.25, -0.2) is 4.39 Å². The summed E-state index contributed by atoms with van der Waals surface area (Å²) in [5, 5.41) is 3.46. The van der Waals surface area contributed by atoms with Crippen molar-refractivity contribution >= 4 is 28.9 Å². The second kappa shape index (κ2) is 4.58. The topological polar surface area (TPSA) is 12.0 Å². The molecule has 1 aromatic rings. The maximum Gasteiger partial charge on any atom is 0.160 e. The predicted molar refractivity (Wildman–Crippen MR) is 62.3 cm³/mol. The Hall–Kier alpha value is -0.470. The Labute approximate surface area is 98.6 Å². The molecule has 1 N–H and O–H groups in total. The molecule has 0 spiro atoms. The van der Waals surface area contributed by atoms with E-state index < -0.39 is 5.82 Å². The number of hydrogen-bond donors (Lipinski definition) is 1. The molecule has 82 valence electrons. The van der Waals surface area contributed by atoms with Crippen LogP contribution in [0.3, 0.4) is 0 Å². The zero-order valence-electron chi connectivity index (χ0n) is 8.19. The third-order valence-corrected chi connectivity index (χ3v) is 3.26. The predicted octanol–water partition coefficient (Wildman–Crippen LogP) is 4.49. The molecule has 1 saturated carbocycles.